The maximum absolute atomic E-state index is 11.9. The van der Waals surface area contributed by atoms with E-state index in [1.54, 1.807) is 0 Å². The molecule has 1 N–H and O–H groups in total. The Morgan fingerprint density at radius 3 is 2.70 bits per heavy atom. The summed E-state index contributed by atoms with van der Waals surface area (Å²) < 4.78 is 0. The predicted octanol–water partition coefficient (Wildman–Crippen LogP) is 5.17. The largest absolute Gasteiger partial charge is 0.325 e. The van der Waals surface area contributed by atoms with Crippen LogP contribution in [0.25, 0.3) is 0 Å². The topological polar surface area (TPSA) is 29.1 Å². The summed E-state index contributed by atoms with van der Waals surface area (Å²) in [5, 5.41) is 2.98. The van der Waals surface area contributed by atoms with Gasteiger partial charge in [0.25, 0.3) is 0 Å². The average Bonchev–Trinajstić information content (AvgIpc) is 2.65. The van der Waals surface area contributed by atoms with E-state index < -0.39 is 5.41 Å². The van der Waals surface area contributed by atoms with E-state index in [-0.39, 0.29) is 11.3 Å². The zero-order chi connectivity index (χ0) is 14.8. The quantitative estimate of drug-likeness (QED) is 0.569. The molecule has 1 atom stereocenters. The molecule has 0 spiro atoms. The molecular formula is C17H24ClNO. The molecule has 20 heavy (non-hydrogen) atoms. The molecule has 1 amide bonds. The minimum absolute atomic E-state index is 0.0451. The zero-order valence-electron chi connectivity index (χ0n) is 12.6. The highest BCUT2D eigenvalue weighted by Gasteiger charge is 2.38. The first-order valence-corrected chi connectivity index (χ1v) is 8.00. The minimum atomic E-state index is -0.454. The first kappa shape index (κ1) is 15.4. The van der Waals surface area contributed by atoms with Gasteiger partial charge in [0.15, 0.2) is 0 Å². The van der Waals surface area contributed by atoms with E-state index in [0.717, 1.165) is 23.2 Å². The number of nitrogens with one attached hydrogen (secondary N) is 1. The van der Waals surface area contributed by atoms with E-state index in [1.165, 1.54) is 25.7 Å². The number of halogens is 1. The fourth-order valence-electron chi connectivity index (χ4n) is 2.70. The van der Waals surface area contributed by atoms with Crippen molar-refractivity contribution in [3.8, 4) is 0 Å². The number of hydrogen-bond donors (Lipinski definition) is 1. The molecule has 0 fully saturated rings. The molecule has 2 nitrogen and oxygen atoms in total. The van der Waals surface area contributed by atoms with Gasteiger partial charge in [0.2, 0.25) is 5.91 Å². The van der Waals surface area contributed by atoms with Crippen LogP contribution in [0.4, 0.5) is 5.69 Å². The smallest absolute Gasteiger partial charge is 0.234 e. The normalized spacial score (nSPS) is 17.7. The van der Waals surface area contributed by atoms with Gasteiger partial charge in [0.1, 0.15) is 0 Å². The van der Waals surface area contributed by atoms with Gasteiger partial charge in [-0.2, -0.15) is 0 Å². The Bertz CT molecular complexity index is 496. The van der Waals surface area contributed by atoms with E-state index in [9.17, 15) is 4.79 Å². The fraction of sp³-hybridized carbons (Fsp3) is 0.588. The van der Waals surface area contributed by atoms with E-state index in [2.05, 4.69) is 18.3 Å². The number of fused-ring (bicyclic) bond motifs is 1. The summed E-state index contributed by atoms with van der Waals surface area (Å²) in [5.74, 6) is 0.0683. The van der Waals surface area contributed by atoms with Crippen LogP contribution in [0.2, 0.25) is 0 Å². The fourth-order valence-corrected chi connectivity index (χ4v) is 2.99. The molecule has 0 radical (unpaired) electrons. The SMILES string of the molecule is CCCCCCC(Cl)c1ccc2c(c1)C(C)(C)C(=O)N2. The molecule has 1 aromatic rings. The van der Waals surface area contributed by atoms with Gasteiger partial charge in [-0.15, -0.1) is 11.6 Å². The van der Waals surface area contributed by atoms with Crippen molar-refractivity contribution in [1.29, 1.82) is 0 Å². The number of alkyl halides is 1. The van der Waals surface area contributed by atoms with Crippen molar-refractivity contribution in [2.75, 3.05) is 5.32 Å². The molecular weight excluding hydrogens is 270 g/mol. The molecule has 0 aromatic heterocycles. The summed E-state index contributed by atoms with van der Waals surface area (Å²) in [7, 11) is 0. The predicted molar refractivity (Wildman–Crippen MR) is 85.5 cm³/mol. The first-order valence-electron chi connectivity index (χ1n) is 7.56. The summed E-state index contributed by atoms with van der Waals surface area (Å²) >= 11 is 6.51. The van der Waals surface area contributed by atoms with Crippen LogP contribution in [0.3, 0.4) is 0 Å². The van der Waals surface area contributed by atoms with Crippen LogP contribution in [0.5, 0.6) is 0 Å². The lowest BCUT2D eigenvalue weighted by Crippen LogP contribution is -2.26. The van der Waals surface area contributed by atoms with Crippen LogP contribution in [0, 0.1) is 0 Å². The van der Waals surface area contributed by atoms with Crippen LogP contribution in [0.1, 0.15) is 69.4 Å². The molecule has 1 aliphatic rings. The Balaban J connectivity index is 2.08. The standard InChI is InChI=1S/C17H24ClNO/c1-4-5-6-7-8-14(18)12-9-10-15-13(11-12)17(2,3)16(20)19-15/h9-11,14H,4-8H2,1-3H3,(H,19,20). The van der Waals surface area contributed by atoms with Crippen molar-refractivity contribution in [2.45, 2.75) is 63.7 Å². The number of amides is 1. The van der Waals surface area contributed by atoms with Gasteiger partial charge in [0, 0.05) is 5.69 Å². The third kappa shape index (κ3) is 3.01. The second-order valence-corrected chi connectivity index (χ2v) is 6.73. The second-order valence-electron chi connectivity index (χ2n) is 6.20. The van der Waals surface area contributed by atoms with Gasteiger partial charge in [-0.3, -0.25) is 4.79 Å². The van der Waals surface area contributed by atoms with E-state index in [1.807, 2.05) is 26.0 Å². The molecule has 3 heteroatoms. The van der Waals surface area contributed by atoms with Gasteiger partial charge in [0.05, 0.1) is 10.8 Å². The summed E-state index contributed by atoms with van der Waals surface area (Å²) in [6.45, 7) is 6.13. The number of carbonyl (C=O) groups is 1. The molecule has 0 saturated heterocycles. The summed E-state index contributed by atoms with van der Waals surface area (Å²) in [4.78, 5) is 11.9. The number of rotatable bonds is 6. The molecule has 0 saturated carbocycles. The second kappa shape index (κ2) is 6.17. The number of benzene rings is 1. The monoisotopic (exact) mass is 293 g/mol. The summed E-state index contributed by atoms with van der Waals surface area (Å²) in [6.07, 6.45) is 5.94. The number of carbonyl (C=O) groups excluding carboxylic acids is 1. The molecule has 1 unspecified atom stereocenters. The highest BCUT2D eigenvalue weighted by atomic mass is 35.5. The minimum Gasteiger partial charge on any atom is -0.325 e. The maximum Gasteiger partial charge on any atom is 0.234 e. The first-order chi connectivity index (χ1) is 9.46. The highest BCUT2D eigenvalue weighted by Crippen LogP contribution is 2.40. The average molecular weight is 294 g/mol. The lowest BCUT2D eigenvalue weighted by atomic mass is 9.85. The van der Waals surface area contributed by atoms with Crippen LogP contribution < -0.4 is 5.32 Å². The molecule has 1 aromatic carbocycles. The van der Waals surface area contributed by atoms with E-state index >= 15 is 0 Å². The van der Waals surface area contributed by atoms with Gasteiger partial charge in [-0.25, -0.2) is 0 Å². The Kier molecular flexibility index (Phi) is 4.74. The van der Waals surface area contributed by atoms with E-state index in [4.69, 9.17) is 11.6 Å². The Hall–Kier alpha value is -1.02. The number of unbranched alkanes of at least 4 members (excludes halogenated alkanes) is 3. The Labute approximate surface area is 126 Å². The van der Waals surface area contributed by atoms with Crippen LogP contribution in [-0.4, -0.2) is 5.91 Å². The van der Waals surface area contributed by atoms with Gasteiger partial charge in [-0.1, -0.05) is 44.7 Å². The lowest BCUT2D eigenvalue weighted by molar-refractivity contribution is -0.119. The molecule has 0 bridgehead atoms. The number of anilines is 1. The zero-order valence-corrected chi connectivity index (χ0v) is 13.4. The van der Waals surface area contributed by atoms with Gasteiger partial charge < -0.3 is 5.32 Å². The van der Waals surface area contributed by atoms with Crippen LogP contribution in [0.15, 0.2) is 18.2 Å². The third-order valence-corrected chi connectivity index (χ3v) is 4.68. The van der Waals surface area contributed by atoms with Crippen molar-refractivity contribution in [3.05, 3.63) is 29.3 Å². The van der Waals surface area contributed by atoms with E-state index in [0.29, 0.717) is 0 Å². The molecule has 1 heterocycles. The molecule has 110 valence electrons. The summed E-state index contributed by atoms with van der Waals surface area (Å²) in [5.41, 5.74) is 2.67. The summed E-state index contributed by atoms with van der Waals surface area (Å²) in [6, 6.07) is 6.13. The molecule has 2 rings (SSSR count). The van der Waals surface area contributed by atoms with Crippen molar-refractivity contribution in [1.82, 2.24) is 0 Å². The number of hydrogen-bond acceptors (Lipinski definition) is 1. The van der Waals surface area contributed by atoms with Gasteiger partial charge >= 0.3 is 0 Å². The van der Waals surface area contributed by atoms with Crippen molar-refractivity contribution in [2.24, 2.45) is 0 Å². The van der Waals surface area contributed by atoms with Gasteiger partial charge in [-0.05, 0) is 37.5 Å². The van der Waals surface area contributed by atoms with Crippen molar-refractivity contribution in [3.63, 3.8) is 0 Å². The maximum atomic E-state index is 11.9. The Morgan fingerprint density at radius 1 is 1.25 bits per heavy atom. The van der Waals surface area contributed by atoms with Crippen molar-refractivity contribution < 1.29 is 4.79 Å². The molecule has 1 aliphatic heterocycles. The van der Waals surface area contributed by atoms with Crippen LogP contribution in [-0.2, 0) is 10.2 Å². The third-order valence-electron chi connectivity index (χ3n) is 4.21. The Morgan fingerprint density at radius 2 is 2.00 bits per heavy atom. The molecule has 0 aliphatic carbocycles. The highest BCUT2D eigenvalue weighted by molar-refractivity contribution is 6.20. The lowest BCUT2D eigenvalue weighted by Gasteiger charge is -2.17. The van der Waals surface area contributed by atoms with Crippen molar-refractivity contribution >= 4 is 23.2 Å². The van der Waals surface area contributed by atoms with Crippen LogP contribution >= 0.6 is 11.6 Å².